The summed E-state index contributed by atoms with van der Waals surface area (Å²) in [6.07, 6.45) is 6.81. The van der Waals surface area contributed by atoms with Gasteiger partial charge in [-0.1, -0.05) is 25.3 Å². The Bertz CT molecular complexity index is 371. The van der Waals surface area contributed by atoms with Crippen LogP contribution in [0, 0.1) is 0 Å². The molecule has 0 spiro atoms. The van der Waals surface area contributed by atoms with Gasteiger partial charge in [-0.3, -0.25) is 4.90 Å². The van der Waals surface area contributed by atoms with E-state index in [-0.39, 0.29) is 0 Å². The second kappa shape index (κ2) is 6.64. The zero-order valence-corrected chi connectivity index (χ0v) is 11.3. The van der Waals surface area contributed by atoms with Gasteiger partial charge in [0.1, 0.15) is 5.75 Å². The molecule has 0 aliphatic carbocycles. The smallest absolute Gasteiger partial charge is 0.141 e. The lowest BCUT2D eigenvalue weighted by molar-refractivity contribution is 0.240. The Morgan fingerprint density at radius 3 is 2.39 bits per heavy atom. The Kier molecular flexibility index (Phi) is 4.88. The average molecular weight is 248 g/mol. The third-order valence-corrected chi connectivity index (χ3v) is 3.65. The van der Waals surface area contributed by atoms with Crippen LogP contribution in [0.1, 0.15) is 37.7 Å². The van der Waals surface area contributed by atoms with Crippen molar-refractivity contribution in [2.75, 3.05) is 25.9 Å². The first-order valence-corrected chi connectivity index (χ1v) is 6.94. The van der Waals surface area contributed by atoms with Gasteiger partial charge in [-0.05, 0) is 43.6 Å². The normalized spacial score (nSPS) is 18.1. The summed E-state index contributed by atoms with van der Waals surface area (Å²) >= 11 is 0. The highest BCUT2D eigenvalue weighted by molar-refractivity contribution is 5.54. The lowest BCUT2D eigenvalue weighted by Gasteiger charge is -2.24. The van der Waals surface area contributed by atoms with Gasteiger partial charge in [0.2, 0.25) is 0 Å². The third kappa shape index (κ3) is 3.64. The van der Waals surface area contributed by atoms with Crippen LogP contribution in [0.3, 0.4) is 0 Å². The summed E-state index contributed by atoms with van der Waals surface area (Å²) in [5, 5.41) is 0. The number of ether oxygens (including phenoxy) is 1. The molecule has 0 amide bonds. The maximum Gasteiger partial charge on any atom is 0.141 e. The molecule has 100 valence electrons. The van der Waals surface area contributed by atoms with E-state index in [2.05, 4.69) is 11.0 Å². The quantitative estimate of drug-likeness (QED) is 0.836. The van der Waals surface area contributed by atoms with Crippen molar-refractivity contribution in [2.45, 2.75) is 38.6 Å². The first-order valence-electron chi connectivity index (χ1n) is 6.94. The molecule has 18 heavy (non-hydrogen) atoms. The fourth-order valence-electron chi connectivity index (χ4n) is 2.61. The molecule has 0 aromatic heterocycles. The van der Waals surface area contributed by atoms with Crippen LogP contribution in [-0.4, -0.2) is 25.1 Å². The van der Waals surface area contributed by atoms with Gasteiger partial charge in [0.05, 0.1) is 12.8 Å². The maximum absolute atomic E-state index is 5.95. The van der Waals surface area contributed by atoms with Crippen LogP contribution in [-0.2, 0) is 6.54 Å². The van der Waals surface area contributed by atoms with Gasteiger partial charge >= 0.3 is 0 Å². The zero-order valence-electron chi connectivity index (χ0n) is 11.3. The molecule has 2 rings (SSSR count). The molecule has 1 aliphatic heterocycles. The van der Waals surface area contributed by atoms with Crippen LogP contribution in [0.2, 0.25) is 0 Å². The molecule has 1 aliphatic rings. The Labute approximate surface area is 110 Å². The number of rotatable bonds is 3. The molecule has 0 unspecified atom stereocenters. The molecule has 1 aromatic carbocycles. The molecular weight excluding hydrogens is 224 g/mol. The number of likely N-dealkylation sites (tertiary alicyclic amines) is 1. The molecule has 3 nitrogen and oxygen atoms in total. The predicted molar refractivity (Wildman–Crippen MR) is 75.8 cm³/mol. The number of methoxy groups -OCH3 is 1. The van der Waals surface area contributed by atoms with Gasteiger partial charge < -0.3 is 10.5 Å². The molecule has 0 atom stereocenters. The lowest BCUT2D eigenvalue weighted by atomic mass is 10.1. The second-order valence-electron chi connectivity index (χ2n) is 5.12. The van der Waals surface area contributed by atoms with Crippen molar-refractivity contribution in [2.24, 2.45) is 0 Å². The Hall–Kier alpha value is -1.22. The maximum atomic E-state index is 5.95. The minimum atomic E-state index is 0.738. The van der Waals surface area contributed by atoms with E-state index < -0.39 is 0 Å². The number of hydrogen-bond acceptors (Lipinski definition) is 3. The van der Waals surface area contributed by atoms with Crippen LogP contribution in [0.5, 0.6) is 5.75 Å². The summed E-state index contributed by atoms with van der Waals surface area (Å²) in [7, 11) is 1.66. The topological polar surface area (TPSA) is 38.5 Å². The molecule has 0 bridgehead atoms. The Morgan fingerprint density at radius 2 is 1.78 bits per heavy atom. The fraction of sp³-hybridized carbons (Fsp3) is 0.600. The molecule has 3 heteroatoms. The molecule has 0 saturated carbocycles. The molecule has 0 radical (unpaired) electrons. The lowest BCUT2D eigenvalue weighted by Crippen LogP contribution is -2.26. The first-order chi connectivity index (χ1) is 8.79. The second-order valence-corrected chi connectivity index (χ2v) is 5.12. The van der Waals surface area contributed by atoms with Crippen LogP contribution >= 0.6 is 0 Å². The standard InChI is InChI=1S/C15H24N2O/c1-18-15-8-7-13(11-14(15)16)12-17-9-5-3-2-4-6-10-17/h7-8,11H,2-6,9-10,12,16H2,1H3. The molecule has 2 N–H and O–H groups in total. The van der Waals surface area contributed by atoms with Crippen LogP contribution in [0.4, 0.5) is 5.69 Å². The van der Waals surface area contributed by atoms with Crippen molar-refractivity contribution < 1.29 is 4.74 Å². The number of benzene rings is 1. The van der Waals surface area contributed by atoms with Crippen LogP contribution in [0.15, 0.2) is 18.2 Å². The Morgan fingerprint density at radius 1 is 1.11 bits per heavy atom. The van der Waals surface area contributed by atoms with Crippen molar-refractivity contribution >= 4 is 5.69 Å². The molecule has 1 fully saturated rings. The largest absolute Gasteiger partial charge is 0.495 e. The van der Waals surface area contributed by atoms with Crippen LogP contribution in [0.25, 0.3) is 0 Å². The summed E-state index contributed by atoms with van der Waals surface area (Å²) in [6.45, 7) is 3.44. The summed E-state index contributed by atoms with van der Waals surface area (Å²) in [4.78, 5) is 2.54. The minimum Gasteiger partial charge on any atom is -0.495 e. The van der Waals surface area contributed by atoms with E-state index in [4.69, 9.17) is 10.5 Å². The predicted octanol–water partition coefficient (Wildman–Crippen LogP) is 3.04. The summed E-state index contributed by atoms with van der Waals surface area (Å²) < 4.78 is 5.19. The van der Waals surface area contributed by atoms with E-state index >= 15 is 0 Å². The van der Waals surface area contributed by atoms with Gasteiger partial charge in [-0.2, -0.15) is 0 Å². The van der Waals surface area contributed by atoms with E-state index in [9.17, 15) is 0 Å². The summed E-state index contributed by atoms with van der Waals surface area (Å²) in [5.74, 6) is 0.770. The Balaban J connectivity index is 1.96. The SMILES string of the molecule is COc1ccc(CN2CCCCCCC2)cc1N. The molecule has 1 aromatic rings. The third-order valence-electron chi connectivity index (χ3n) is 3.65. The van der Waals surface area contributed by atoms with Gasteiger partial charge in [0, 0.05) is 6.54 Å². The number of nitrogens with two attached hydrogens (primary N) is 1. The van der Waals surface area contributed by atoms with E-state index in [1.165, 1.54) is 50.8 Å². The van der Waals surface area contributed by atoms with Crippen molar-refractivity contribution in [1.29, 1.82) is 0 Å². The highest BCUT2D eigenvalue weighted by Crippen LogP contribution is 2.23. The number of anilines is 1. The average Bonchev–Trinajstić information content (AvgIpc) is 2.33. The fourth-order valence-corrected chi connectivity index (χ4v) is 2.61. The molecule has 1 saturated heterocycles. The zero-order chi connectivity index (χ0) is 12.8. The van der Waals surface area contributed by atoms with Crippen molar-refractivity contribution in [3.8, 4) is 5.75 Å². The van der Waals surface area contributed by atoms with E-state index in [1.54, 1.807) is 7.11 Å². The van der Waals surface area contributed by atoms with Gasteiger partial charge in [0.25, 0.3) is 0 Å². The number of nitrogens with zero attached hydrogens (tertiary/aromatic N) is 1. The van der Waals surface area contributed by atoms with Gasteiger partial charge in [0.15, 0.2) is 0 Å². The van der Waals surface area contributed by atoms with E-state index in [0.29, 0.717) is 0 Å². The van der Waals surface area contributed by atoms with Crippen molar-refractivity contribution in [3.05, 3.63) is 23.8 Å². The highest BCUT2D eigenvalue weighted by Gasteiger charge is 2.09. The van der Waals surface area contributed by atoms with Crippen LogP contribution < -0.4 is 10.5 Å². The van der Waals surface area contributed by atoms with E-state index in [1.807, 2.05) is 12.1 Å². The highest BCUT2D eigenvalue weighted by atomic mass is 16.5. The van der Waals surface area contributed by atoms with Crippen molar-refractivity contribution in [3.63, 3.8) is 0 Å². The number of nitrogen functional groups attached to an aromatic ring is 1. The van der Waals surface area contributed by atoms with E-state index in [0.717, 1.165) is 18.0 Å². The first kappa shape index (κ1) is 13.2. The van der Waals surface area contributed by atoms with Crippen molar-refractivity contribution in [1.82, 2.24) is 4.90 Å². The number of hydrogen-bond donors (Lipinski definition) is 1. The summed E-state index contributed by atoms with van der Waals surface area (Å²) in [5.41, 5.74) is 7.97. The summed E-state index contributed by atoms with van der Waals surface area (Å²) in [6, 6.07) is 6.13. The minimum absolute atomic E-state index is 0.738. The molecular formula is C15H24N2O. The monoisotopic (exact) mass is 248 g/mol. The molecule has 1 heterocycles. The van der Waals surface area contributed by atoms with Gasteiger partial charge in [-0.15, -0.1) is 0 Å². The van der Waals surface area contributed by atoms with Gasteiger partial charge in [-0.25, -0.2) is 0 Å².